The standard InChI is InChI=1S/C5H11ClO3/c1-7-4(6)5(8-2)9-3/h4-5H,1-3H3. The number of hydrogen-bond donors (Lipinski definition) is 0. The molecule has 0 spiro atoms. The Bertz CT molecular complexity index is 65.2. The van der Waals surface area contributed by atoms with Crippen LogP contribution >= 0.6 is 11.6 Å². The molecule has 1 unspecified atom stereocenters. The topological polar surface area (TPSA) is 27.7 Å². The normalized spacial score (nSPS) is 14.3. The van der Waals surface area contributed by atoms with E-state index in [9.17, 15) is 0 Å². The van der Waals surface area contributed by atoms with E-state index >= 15 is 0 Å². The molecule has 0 fully saturated rings. The molecule has 0 aliphatic rings. The molecule has 0 aromatic carbocycles. The van der Waals surface area contributed by atoms with E-state index in [0.717, 1.165) is 0 Å². The number of rotatable bonds is 4. The first-order chi connectivity index (χ1) is 4.26. The van der Waals surface area contributed by atoms with Gasteiger partial charge in [0.1, 0.15) is 0 Å². The van der Waals surface area contributed by atoms with Crippen molar-refractivity contribution in [2.45, 2.75) is 11.9 Å². The summed E-state index contributed by atoms with van der Waals surface area (Å²) in [4.78, 5) is 0. The van der Waals surface area contributed by atoms with Crippen molar-refractivity contribution in [2.75, 3.05) is 21.3 Å². The van der Waals surface area contributed by atoms with E-state index in [4.69, 9.17) is 25.8 Å². The first kappa shape index (κ1) is 9.17. The van der Waals surface area contributed by atoms with Crippen LogP contribution in [0.3, 0.4) is 0 Å². The number of methoxy groups -OCH3 is 3. The molecule has 0 rings (SSSR count). The molecule has 0 aliphatic heterocycles. The Morgan fingerprint density at radius 3 is 1.56 bits per heavy atom. The van der Waals surface area contributed by atoms with Crippen LogP contribution in [0.25, 0.3) is 0 Å². The molecule has 0 N–H and O–H groups in total. The summed E-state index contributed by atoms with van der Waals surface area (Å²) >= 11 is 5.56. The second-order valence-electron chi connectivity index (χ2n) is 1.43. The zero-order valence-electron chi connectivity index (χ0n) is 5.76. The molecule has 0 radical (unpaired) electrons. The summed E-state index contributed by atoms with van der Waals surface area (Å²) in [6.07, 6.45) is -0.489. The van der Waals surface area contributed by atoms with E-state index in [2.05, 4.69) is 0 Å². The lowest BCUT2D eigenvalue weighted by atomic mass is 10.7. The van der Waals surface area contributed by atoms with Crippen LogP contribution in [0.15, 0.2) is 0 Å². The summed E-state index contributed by atoms with van der Waals surface area (Å²) in [6.45, 7) is 0. The highest BCUT2D eigenvalue weighted by molar-refractivity contribution is 6.20. The largest absolute Gasteiger partial charge is 0.360 e. The molecule has 9 heavy (non-hydrogen) atoms. The van der Waals surface area contributed by atoms with Crippen LogP contribution in [0.4, 0.5) is 0 Å². The van der Waals surface area contributed by atoms with E-state index in [1.165, 1.54) is 21.3 Å². The van der Waals surface area contributed by atoms with Crippen LogP contribution in [0.2, 0.25) is 0 Å². The van der Waals surface area contributed by atoms with Crippen molar-refractivity contribution in [1.82, 2.24) is 0 Å². The van der Waals surface area contributed by atoms with Gasteiger partial charge in [0, 0.05) is 21.3 Å². The Morgan fingerprint density at radius 1 is 1.00 bits per heavy atom. The van der Waals surface area contributed by atoms with E-state index in [1.54, 1.807) is 0 Å². The number of alkyl halides is 1. The molecule has 0 saturated heterocycles. The SMILES string of the molecule is COC(Cl)C(OC)OC. The van der Waals surface area contributed by atoms with E-state index in [0.29, 0.717) is 0 Å². The fourth-order valence-corrected chi connectivity index (χ4v) is 0.627. The maximum atomic E-state index is 5.56. The second-order valence-corrected chi connectivity index (χ2v) is 1.86. The Morgan fingerprint density at radius 2 is 1.44 bits per heavy atom. The minimum Gasteiger partial charge on any atom is -0.360 e. The zero-order valence-corrected chi connectivity index (χ0v) is 6.51. The van der Waals surface area contributed by atoms with Crippen molar-refractivity contribution in [3.05, 3.63) is 0 Å². The third-order valence-electron chi connectivity index (χ3n) is 0.904. The molecule has 1 atom stereocenters. The third-order valence-corrected chi connectivity index (χ3v) is 1.29. The van der Waals surface area contributed by atoms with Gasteiger partial charge in [0.2, 0.25) is 0 Å². The fraction of sp³-hybridized carbons (Fsp3) is 1.00. The van der Waals surface area contributed by atoms with Gasteiger partial charge in [0.25, 0.3) is 0 Å². The van der Waals surface area contributed by atoms with Crippen molar-refractivity contribution in [3.8, 4) is 0 Å². The highest BCUT2D eigenvalue weighted by Crippen LogP contribution is 2.06. The minimum absolute atomic E-state index is 0.489. The zero-order chi connectivity index (χ0) is 7.28. The highest BCUT2D eigenvalue weighted by Gasteiger charge is 2.15. The molecule has 0 heterocycles. The molecular formula is C5H11ClO3. The quantitative estimate of drug-likeness (QED) is 0.443. The molecule has 3 nitrogen and oxygen atoms in total. The smallest absolute Gasteiger partial charge is 0.197 e. The first-order valence-electron chi connectivity index (χ1n) is 2.48. The Kier molecular flexibility index (Phi) is 5.09. The second kappa shape index (κ2) is 4.99. The molecule has 0 saturated carbocycles. The number of ether oxygens (including phenoxy) is 3. The van der Waals surface area contributed by atoms with Gasteiger partial charge in [-0.25, -0.2) is 0 Å². The molecule has 56 valence electrons. The predicted octanol–water partition coefficient (Wildman–Crippen LogP) is 0.817. The summed E-state index contributed by atoms with van der Waals surface area (Å²) in [5.41, 5.74) is -0.542. The number of hydrogen-bond acceptors (Lipinski definition) is 3. The lowest BCUT2D eigenvalue weighted by Crippen LogP contribution is -2.26. The fourth-order valence-electron chi connectivity index (χ4n) is 0.421. The van der Waals surface area contributed by atoms with Crippen LogP contribution in [0.5, 0.6) is 0 Å². The maximum Gasteiger partial charge on any atom is 0.197 e. The van der Waals surface area contributed by atoms with Gasteiger partial charge in [0.05, 0.1) is 0 Å². The third kappa shape index (κ3) is 3.01. The van der Waals surface area contributed by atoms with Crippen LogP contribution in [0.1, 0.15) is 0 Å². The summed E-state index contributed by atoms with van der Waals surface area (Å²) in [7, 11) is 4.49. The Balaban J connectivity index is 3.50. The van der Waals surface area contributed by atoms with Crippen LogP contribution in [0, 0.1) is 0 Å². The van der Waals surface area contributed by atoms with Gasteiger partial charge in [-0.3, -0.25) is 0 Å². The van der Waals surface area contributed by atoms with Gasteiger partial charge in [-0.15, -0.1) is 0 Å². The Hall–Kier alpha value is 0.170. The van der Waals surface area contributed by atoms with E-state index in [-0.39, 0.29) is 0 Å². The average molecular weight is 155 g/mol. The van der Waals surface area contributed by atoms with Gasteiger partial charge in [-0.05, 0) is 0 Å². The van der Waals surface area contributed by atoms with Gasteiger partial charge in [-0.2, -0.15) is 0 Å². The van der Waals surface area contributed by atoms with Crippen LogP contribution in [-0.2, 0) is 14.2 Å². The van der Waals surface area contributed by atoms with E-state index in [1.807, 2.05) is 0 Å². The van der Waals surface area contributed by atoms with E-state index < -0.39 is 11.9 Å². The number of halogens is 1. The average Bonchev–Trinajstić information content (AvgIpc) is 1.90. The van der Waals surface area contributed by atoms with Crippen molar-refractivity contribution in [3.63, 3.8) is 0 Å². The van der Waals surface area contributed by atoms with Gasteiger partial charge < -0.3 is 14.2 Å². The predicted molar refractivity (Wildman–Crippen MR) is 34.5 cm³/mol. The molecule has 4 heteroatoms. The lowest BCUT2D eigenvalue weighted by molar-refractivity contribution is -0.148. The summed E-state index contributed by atoms with van der Waals surface area (Å²) < 4.78 is 14.3. The molecular weight excluding hydrogens is 144 g/mol. The van der Waals surface area contributed by atoms with Crippen LogP contribution < -0.4 is 0 Å². The summed E-state index contributed by atoms with van der Waals surface area (Å²) in [5.74, 6) is 0. The van der Waals surface area contributed by atoms with Crippen molar-refractivity contribution < 1.29 is 14.2 Å². The van der Waals surface area contributed by atoms with Gasteiger partial charge >= 0.3 is 0 Å². The molecule has 0 aromatic heterocycles. The van der Waals surface area contributed by atoms with Crippen molar-refractivity contribution in [1.29, 1.82) is 0 Å². The molecule has 0 aromatic rings. The Labute approximate surface area is 59.8 Å². The van der Waals surface area contributed by atoms with Crippen molar-refractivity contribution >= 4 is 11.6 Å². The van der Waals surface area contributed by atoms with Gasteiger partial charge in [-0.1, -0.05) is 11.6 Å². The maximum absolute atomic E-state index is 5.56. The monoisotopic (exact) mass is 154 g/mol. The molecule has 0 amide bonds. The lowest BCUT2D eigenvalue weighted by Gasteiger charge is -2.16. The highest BCUT2D eigenvalue weighted by atomic mass is 35.5. The first-order valence-corrected chi connectivity index (χ1v) is 2.92. The molecule has 0 bridgehead atoms. The van der Waals surface area contributed by atoms with Crippen molar-refractivity contribution in [2.24, 2.45) is 0 Å². The van der Waals surface area contributed by atoms with Gasteiger partial charge in [0.15, 0.2) is 11.9 Å². The van der Waals surface area contributed by atoms with Crippen LogP contribution in [-0.4, -0.2) is 33.2 Å². The molecule has 0 aliphatic carbocycles. The summed E-state index contributed by atoms with van der Waals surface area (Å²) in [6, 6.07) is 0. The summed E-state index contributed by atoms with van der Waals surface area (Å²) in [5, 5.41) is 0. The minimum atomic E-state index is -0.542.